The van der Waals surface area contributed by atoms with Crippen molar-refractivity contribution in [3.05, 3.63) is 56.7 Å². The zero-order valence-electron chi connectivity index (χ0n) is 11.4. The van der Waals surface area contributed by atoms with Gasteiger partial charge in [-0.3, -0.25) is 4.57 Å². The minimum atomic E-state index is 0.556. The van der Waals surface area contributed by atoms with E-state index in [0.717, 1.165) is 37.9 Å². The van der Waals surface area contributed by atoms with E-state index in [2.05, 4.69) is 67.6 Å². The first-order valence-electron chi connectivity index (χ1n) is 6.59. The molecule has 2 nitrogen and oxygen atoms in total. The topological polar surface area (TPSA) is 17.8 Å². The second-order valence-corrected chi connectivity index (χ2v) is 7.08. The van der Waals surface area contributed by atoms with Crippen LogP contribution in [-0.4, -0.2) is 15.4 Å². The Hall–Kier alpha value is -0.840. The molecule has 0 radical (unpaired) electrons. The molecule has 0 aliphatic rings. The van der Waals surface area contributed by atoms with Gasteiger partial charge in [-0.05, 0) is 48.9 Å². The van der Waals surface area contributed by atoms with Gasteiger partial charge in [-0.1, -0.05) is 31.9 Å². The van der Waals surface area contributed by atoms with Crippen molar-refractivity contribution in [3.63, 3.8) is 0 Å². The SMILES string of the molecule is Cc1cc(Br)ccc1-n1c(CCCl)nc2cc(Br)ccc21. The molecule has 0 saturated heterocycles. The first-order valence-corrected chi connectivity index (χ1v) is 8.71. The van der Waals surface area contributed by atoms with Gasteiger partial charge in [-0.2, -0.15) is 0 Å². The molecule has 1 aromatic heterocycles. The van der Waals surface area contributed by atoms with Crippen molar-refractivity contribution < 1.29 is 0 Å². The molecule has 2 aromatic carbocycles. The molecule has 0 spiro atoms. The molecule has 108 valence electrons. The van der Waals surface area contributed by atoms with Crippen molar-refractivity contribution in [3.8, 4) is 5.69 Å². The smallest absolute Gasteiger partial charge is 0.115 e. The molecule has 0 N–H and O–H groups in total. The maximum Gasteiger partial charge on any atom is 0.115 e. The Bertz CT molecular complexity index is 811. The molecule has 3 rings (SSSR count). The summed E-state index contributed by atoms with van der Waals surface area (Å²) in [6.07, 6.45) is 0.739. The summed E-state index contributed by atoms with van der Waals surface area (Å²) in [5.74, 6) is 1.54. The number of imidazole rings is 1. The van der Waals surface area contributed by atoms with Gasteiger partial charge in [0.15, 0.2) is 0 Å². The lowest BCUT2D eigenvalue weighted by Crippen LogP contribution is -2.04. The van der Waals surface area contributed by atoms with Crippen molar-refractivity contribution in [2.45, 2.75) is 13.3 Å². The van der Waals surface area contributed by atoms with Gasteiger partial charge in [0.2, 0.25) is 0 Å². The highest BCUT2D eigenvalue weighted by Gasteiger charge is 2.14. The average Bonchev–Trinajstić information content (AvgIpc) is 2.76. The second kappa shape index (κ2) is 6.11. The molecule has 0 unspecified atom stereocenters. The van der Waals surface area contributed by atoms with Crippen molar-refractivity contribution >= 4 is 54.5 Å². The normalized spacial score (nSPS) is 11.2. The predicted molar refractivity (Wildman–Crippen MR) is 95.6 cm³/mol. The van der Waals surface area contributed by atoms with E-state index in [-0.39, 0.29) is 0 Å². The summed E-state index contributed by atoms with van der Waals surface area (Å²) in [6, 6.07) is 12.4. The number of benzene rings is 2. The Labute approximate surface area is 145 Å². The number of aromatic nitrogens is 2. The van der Waals surface area contributed by atoms with Crippen LogP contribution in [0.1, 0.15) is 11.4 Å². The number of fused-ring (bicyclic) bond motifs is 1. The lowest BCUT2D eigenvalue weighted by molar-refractivity contribution is 0.906. The minimum absolute atomic E-state index is 0.556. The second-order valence-electron chi connectivity index (χ2n) is 4.87. The van der Waals surface area contributed by atoms with E-state index in [1.165, 1.54) is 5.56 Å². The Kier molecular flexibility index (Phi) is 4.38. The number of alkyl halides is 1. The van der Waals surface area contributed by atoms with Crippen LogP contribution in [0.15, 0.2) is 45.3 Å². The summed E-state index contributed by atoms with van der Waals surface area (Å²) >= 11 is 13.0. The Morgan fingerprint density at radius 3 is 2.52 bits per heavy atom. The van der Waals surface area contributed by atoms with Crippen LogP contribution in [0.4, 0.5) is 0 Å². The third kappa shape index (κ3) is 2.89. The molecule has 0 aliphatic heterocycles. The monoisotopic (exact) mass is 426 g/mol. The molecule has 21 heavy (non-hydrogen) atoms. The summed E-state index contributed by atoms with van der Waals surface area (Å²) in [4.78, 5) is 4.74. The number of hydrogen-bond acceptors (Lipinski definition) is 1. The first-order chi connectivity index (χ1) is 10.1. The molecule has 0 atom stereocenters. The van der Waals surface area contributed by atoms with E-state index < -0.39 is 0 Å². The highest BCUT2D eigenvalue weighted by molar-refractivity contribution is 9.10. The standard InChI is InChI=1S/C16H13Br2ClN2/c1-10-8-11(17)2-4-14(10)21-15-5-3-12(18)9-13(15)20-16(21)6-7-19/h2-5,8-9H,6-7H2,1H3. The third-order valence-electron chi connectivity index (χ3n) is 3.40. The van der Waals surface area contributed by atoms with Gasteiger partial charge in [-0.25, -0.2) is 4.98 Å². The van der Waals surface area contributed by atoms with Crippen LogP contribution in [0.25, 0.3) is 16.7 Å². The molecule has 0 saturated carbocycles. The van der Waals surface area contributed by atoms with Gasteiger partial charge >= 0.3 is 0 Å². The van der Waals surface area contributed by atoms with Crippen LogP contribution in [-0.2, 0) is 6.42 Å². The van der Waals surface area contributed by atoms with Gasteiger partial charge in [-0.15, -0.1) is 11.6 Å². The fourth-order valence-corrected chi connectivity index (χ4v) is 3.49. The van der Waals surface area contributed by atoms with Crippen LogP contribution in [0.5, 0.6) is 0 Å². The van der Waals surface area contributed by atoms with Gasteiger partial charge in [0, 0.05) is 21.2 Å². The Morgan fingerprint density at radius 1 is 1.10 bits per heavy atom. The molecule has 0 bridgehead atoms. The van der Waals surface area contributed by atoms with Crippen LogP contribution in [0.2, 0.25) is 0 Å². The zero-order chi connectivity index (χ0) is 15.0. The summed E-state index contributed by atoms with van der Waals surface area (Å²) in [5, 5.41) is 0. The van der Waals surface area contributed by atoms with Gasteiger partial charge < -0.3 is 0 Å². The minimum Gasteiger partial charge on any atom is -0.296 e. The van der Waals surface area contributed by atoms with Crippen LogP contribution >= 0.6 is 43.5 Å². The highest BCUT2D eigenvalue weighted by Crippen LogP contribution is 2.28. The molecule has 0 aliphatic carbocycles. The molecule has 5 heteroatoms. The lowest BCUT2D eigenvalue weighted by Gasteiger charge is -2.12. The molecule has 3 aromatic rings. The van der Waals surface area contributed by atoms with Crippen molar-refractivity contribution in [1.82, 2.24) is 9.55 Å². The summed E-state index contributed by atoms with van der Waals surface area (Å²) < 4.78 is 4.31. The van der Waals surface area contributed by atoms with E-state index >= 15 is 0 Å². The predicted octanol–water partition coefficient (Wildman–Crippen LogP) is 5.64. The number of rotatable bonds is 3. The van der Waals surface area contributed by atoms with Gasteiger partial charge in [0.25, 0.3) is 0 Å². The summed E-state index contributed by atoms with van der Waals surface area (Å²) in [7, 11) is 0. The van der Waals surface area contributed by atoms with Crippen molar-refractivity contribution in [2.75, 3.05) is 5.88 Å². The highest BCUT2D eigenvalue weighted by atomic mass is 79.9. The number of halogens is 3. The van der Waals surface area contributed by atoms with E-state index in [0.29, 0.717) is 5.88 Å². The number of aryl methyl sites for hydroxylation is 2. The van der Waals surface area contributed by atoms with E-state index in [4.69, 9.17) is 16.6 Å². The lowest BCUT2D eigenvalue weighted by atomic mass is 10.2. The maximum atomic E-state index is 5.95. The Balaban J connectivity index is 2.30. The van der Waals surface area contributed by atoms with Crippen LogP contribution in [0.3, 0.4) is 0 Å². The third-order valence-corrected chi connectivity index (χ3v) is 4.58. The first kappa shape index (κ1) is 15.1. The van der Waals surface area contributed by atoms with Gasteiger partial charge in [0.1, 0.15) is 5.82 Å². The number of hydrogen-bond donors (Lipinski definition) is 0. The fraction of sp³-hybridized carbons (Fsp3) is 0.188. The van der Waals surface area contributed by atoms with Crippen molar-refractivity contribution in [1.29, 1.82) is 0 Å². The van der Waals surface area contributed by atoms with E-state index in [1.807, 2.05) is 12.1 Å². The molecular weight excluding hydrogens is 415 g/mol. The summed E-state index contributed by atoms with van der Waals surface area (Å²) in [6.45, 7) is 2.11. The zero-order valence-corrected chi connectivity index (χ0v) is 15.3. The quantitative estimate of drug-likeness (QED) is 0.494. The van der Waals surface area contributed by atoms with E-state index in [9.17, 15) is 0 Å². The molecular formula is C16H13Br2ClN2. The van der Waals surface area contributed by atoms with Crippen LogP contribution < -0.4 is 0 Å². The molecule has 1 heterocycles. The molecule has 0 amide bonds. The average molecular weight is 429 g/mol. The van der Waals surface area contributed by atoms with Gasteiger partial charge in [0.05, 0.1) is 16.7 Å². The largest absolute Gasteiger partial charge is 0.296 e. The van der Waals surface area contributed by atoms with Crippen molar-refractivity contribution in [2.24, 2.45) is 0 Å². The Morgan fingerprint density at radius 2 is 1.81 bits per heavy atom. The van der Waals surface area contributed by atoms with E-state index in [1.54, 1.807) is 0 Å². The summed E-state index contributed by atoms with van der Waals surface area (Å²) in [5.41, 5.74) is 4.42. The fourth-order valence-electron chi connectivity index (χ4n) is 2.49. The maximum absolute atomic E-state index is 5.95. The van der Waals surface area contributed by atoms with Crippen LogP contribution in [0, 0.1) is 6.92 Å². The molecule has 0 fully saturated rings. The number of nitrogens with zero attached hydrogens (tertiary/aromatic N) is 2.